The highest BCUT2D eigenvalue weighted by Gasteiger charge is 2.57. The predicted octanol–water partition coefficient (Wildman–Crippen LogP) is 2.08. The van der Waals surface area contributed by atoms with Crippen LogP contribution in [0.25, 0.3) is 0 Å². The van der Waals surface area contributed by atoms with Gasteiger partial charge < -0.3 is 15.0 Å². The van der Waals surface area contributed by atoms with Gasteiger partial charge in [0, 0.05) is 44.2 Å². The van der Waals surface area contributed by atoms with Gasteiger partial charge >= 0.3 is 6.18 Å². The maximum Gasteiger partial charge on any atom is 0.424 e. The van der Waals surface area contributed by atoms with Crippen molar-refractivity contribution in [2.45, 2.75) is 32.0 Å². The molecule has 6 nitrogen and oxygen atoms in total. The first-order valence-electron chi connectivity index (χ1n) is 6.96. The monoisotopic (exact) mass is 329 g/mol. The van der Waals surface area contributed by atoms with Gasteiger partial charge in [0.2, 0.25) is 5.60 Å². The van der Waals surface area contributed by atoms with E-state index in [0.29, 0.717) is 17.3 Å². The lowest BCUT2D eigenvalue weighted by molar-refractivity contribution is -0.271. The molecular weight excluding hydrogens is 311 g/mol. The molecule has 0 amide bonds. The Labute approximate surface area is 131 Å². The first-order valence-corrected chi connectivity index (χ1v) is 6.96. The number of imidazole rings is 1. The molecule has 9 heteroatoms. The van der Waals surface area contributed by atoms with Crippen LogP contribution in [0.1, 0.15) is 23.8 Å². The quantitative estimate of drug-likeness (QED) is 0.878. The van der Waals surface area contributed by atoms with Crippen molar-refractivity contribution >= 4 is 5.82 Å². The second-order valence-electron chi connectivity index (χ2n) is 5.34. The number of aliphatic hydroxyl groups is 1. The number of alkyl halides is 3. The lowest BCUT2D eigenvalue weighted by atomic mass is 9.97. The molecule has 0 aliphatic carbocycles. The van der Waals surface area contributed by atoms with Crippen LogP contribution in [-0.4, -0.2) is 37.3 Å². The van der Waals surface area contributed by atoms with Gasteiger partial charge in [-0.15, -0.1) is 0 Å². The summed E-state index contributed by atoms with van der Waals surface area (Å²) in [6.45, 7) is 3.33. The maximum absolute atomic E-state index is 13.3. The summed E-state index contributed by atoms with van der Waals surface area (Å²) in [4.78, 5) is 11.8. The van der Waals surface area contributed by atoms with Crippen LogP contribution in [0.2, 0.25) is 0 Å². The maximum atomic E-state index is 13.3. The van der Waals surface area contributed by atoms with Crippen molar-refractivity contribution in [3.8, 4) is 0 Å². The van der Waals surface area contributed by atoms with Gasteiger partial charge in [-0.05, 0) is 13.8 Å². The molecule has 0 bridgehead atoms. The van der Waals surface area contributed by atoms with E-state index in [1.54, 1.807) is 19.9 Å². The van der Waals surface area contributed by atoms with Gasteiger partial charge in [0.25, 0.3) is 0 Å². The summed E-state index contributed by atoms with van der Waals surface area (Å²) in [7, 11) is 1.41. The molecule has 126 valence electrons. The molecule has 0 saturated heterocycles. The summed E-state index contributed by atoms with van der Waals surface area (Å²) >= 11 is 0. The Kier molecular flexibility index (Phi) is 4.60. The molecule has 0 aliphatic rings. The normalized spacial score (nSPS) is 14.6. The SMILES string of the molecule is Cc1cc(NCC[C@@](O)(c2nccn2C)C(F)(F)F)nc(C)n1. The third-order valence-corrected chi connectivity index (χ3v) is 3.42. The van der Waals surface area contributed by atoms with E-state index in [0.717, 1.165) is 4.57 Å². The summed E-state index contributed by atoms with van der Waals surface area (Å²) < 4.78 is 41.2. The van der Waals surface area contributed by atoms with Crippen LogP contribution < -0.4 is 5.32 Å². The van der Waals surface area contributed by atoms with Crippen molar-refractivity contribution < 1.29 is 18.3 Å². The molecule has 0 spiro atoms. The molecule has 0 saturated carbocycles. The van der Waals surface area contributed by atoms with Crippen LogP contribution in [-0.2, 0) is 12.6 Å². The molecule has 0 aliphatic heterocycles. The van der Waals surface area contributed by atoms with Gasteiger partial charge in [-0.2, -0.15) is 13.2 Å². The molecule has 1 atom stereocenters. The second-order valence-corrected chi connectivity index (χ2v) is 5.34. The van der Waals surface area contributed by atoms with Crippen molar-refractivity contribution in [1.29, 1.82) is 0 Å². The minimum absolute atomic E-state index is 0.126. The number of rotatable bonds is 5. The average Bonchev–Trinajstić information content (AvgIpc) is 2.82. The van der Waals surface area contributed by atoms with Crippen molar-refractivity contribution in [1.82, 2.24) is 19.5 Å². The molecular formula is C14H18F3N5O. The van der Waals surface area contributed by atoms with Crippen LogP contribution in [0.3, 0.4) is 0 Å². The molecule has 0 aromatic carbocycles. The molecule has 2 heterocycles. The van der Waals surface area contributed by atoms with E-state index in [4.69, 9.17) is 0 Å². The summed E-state index contributed by atoms with van der Waals surface area (Å²) in [5, 5.41) is 13.0. The van der Waals surface area contributed by atoms with E-state index < -0.39 is 24.0 Å². The Hall–Kier alpha value is -2.16. The summed E-state index contributed by atoms with van der Waals surface area (Å²) in [5.41, 5.74) is -2.33. The number of nitrogens with one attached hydrogen (secondary N) is 1. The van der Waals surface area contributed by atoms with E-state index in [9.17, 15) is 18.3 Å². The van der Waals surface area contributed by atoms with Gasteiger partial charge in [0.15, 0.2) is 0 Å². The second kappa shape index (κ2) is 6.15. The van der Waals surface area contributed by atoms with Crippen LogP contribution in [0.5, 0.6) is 0 Å². The van der Waals surface area contributed by atoms with E-state index in [2.05, 4.69) is 20.3 Å². The highest BCUT2D eigenvalue weighted by Crippen LogP contribution is 2.40. The Morgan fingerprint density at radius 1 is 1.26 bits per heavy atom. The van der Waals surface area contributed by atoms with Gasteiger partial charge in [-0.1, -0.05) is 0 Å². The Morgan fingerprint density at radius 3 is 2.48 bits per heavy atom. The smallest absolute Gasteiger partial charge is 0.374 e. The largest absolute Gasteiger partial charge is 0.424 e. The fourth-order valence-electron chi connectivity index (χ4n) is 2.32. The number of hydrogen-bond donors (Lipinski definition) is 2. The number of aromatic nitrogens is 4. The molecule has 23 heavy (non-hydrogen) atoms. The number of halogens is 3. The zero-order chi connectivity index (χ0) is 17.3. The van der Waals surface area contributed by atoms with E-state index in [1.807, 2.05) is 0 Å². The fourth-order valence-corrected chi connectivity index (χ4v) is 2.32. The van der Waals surface area contributed by atoms with Gasteiger partial charge in [0.05, 0.1) is 0 Å². The Balaban J connectivity index is 2.15. The lowest BCUT2D eigenvalue weighted by Crippen LogP contribution is -2.45. The Morgan fingerprint density at radius 2 is 1.96 bits per heavy atom. The molecule has 2 N–H and O–H groups in total. The first kappa shape index (κ1) is 17.2. The topological polar surface area (TPSA) is 75.9 Å². The number of hydrogen-bond acceptors (Lipinski definition) is 5. The first-order chi connectivity index (χ1) is 10.6. The van der Waals surface area contributed by atoms with Crippen LogP contribution >= 0.6 is 0 Å². The third kappa shape index (κ3) is 3.61. The molecule has 2 aromatic heterocycles. The van der Waals surface area contributed by atoms with Gasteiger partial charge in [-0.25, -0.2) is 15.0 Å². The summed E-state index contributed by atoms with van der Waals surface area (Å²) in [5.74, 6) is 0.490. The van der Waals surface area contributed by atoms with Gasteiger partial charge in [0.1, 0.15) is 17.5 Å². The Bertz CT molecular complexity index is 665. The number of anilines is 1. The number of aryl methyl sites for hydroxylation is 3. The van der Waals surface area contributed by atoms with Crippen molar-refractivity contribution in [3.63, 3.8) is 0 Å². The average molecular weight is 329 g/mol. The minimum Gasteiger partial charge on any atom is -0.374 e. The van der Waals surface area contributed by atoms with Crippen LogP contribution in [0.4, 0.5) is 19.0 Å². The van der Waals surface area contributed by atoms with Gasteiger partial charge in [-0.3, -0.25) is 0 Å². The van der Waals surface area contributed by atoms with Crippen LogP contribution in [0, 0.1) is 13.8 Å². The lowest BCUT2D eigenvalue weighted by Gasteiger charge is -2.30. The molecule has 0 unspecified atom stereocenters. The van der Waals surface area contributed by atoms with E-state index in [-0.39, 0.29) is 6.54 Å². The van der Waals surface area contributed by atoms with Crippen molar-refractivity contribution in [2.24, 2.45) is 7.05 Å². The molecule has 0 radical (unpaired) electrons. The fraction of sp³-hybridized carbons (Fsp3) is 0.500. The van der Waals surface area contributed by atoms with E-state index in [1.165, 1.54) is 19.4 Å². The molecule has 0 fully saturated rings. The summed E-state index contributed by atoms with van der Waals surface area (Å²) in [6, 6.07) is 1.63. The molecule has 2 rings (SSSR count). The highest BCUT2D eigenvalue weighted by atomic mass is 19.4. The third-order valence-electron chi connectivity index (χ3n) is 3.42. The van der Waals surface area contributed by atoms with E-state index >= 15 is 0 Å². The van der Waals surface area contributed by atoms with Crippen molar-refractivity contribution in [3.05, 3.63) is 35.8 Å². The zero-order valence-electron chi connectivity index (χ0n) is 13.0. The van der Waals surface area contributed by atoms with Crippen LogP contribution in [0.15, 0.2) is 18.5 Å². The zero-order valence-corrected chi connectivity index (χ0v) is 13.0. The predicted molar refractivity (Wildman–Crippen MR) is 77.8 cm³/mol. The van der Waals surface area contributed by atoms with Crippen molar-refractivity contribution in [2.75, 3.05) is 11.9 Å². The summed E-state index contributed by atoms with van der Waals surface area (Å²) in [6.07, 6.45) is -2.86. The standard InChI is InChI=1S/C14H18F3N5O/c1-9-8-11(21-10(2)20-9)18-5-4-13(23,14(15,16)17)12-19-6-7-22(12)3/h6-8,23H,4-5H2,1-3H3,(H,18,20,21)/t13-/m1/s1. The highest BCUT2D eigenvalue weighted by molar-refractivity contribution is 5.35. The number of nitrogens with zero attached hydrogens (tertiary/aromatic N) is 4. The minimum atomic E-state index is -4.84. The molecule has 2 aromatic rings.